The van der Waals surface area contributed by atoms with Gasteiger partial charge in [-0.25, -0.2) is 0 Å². The van der Waals surface area contributed by atoms with Gasteiger partial charge in [-0.05, 0) is 30.2 Å². The molecule has 0 saturated heterocycles. The quantitative estimate of drug-likeness (QED) is 0.806. The molecule has 4 nitrogen and oxygen atoms in total. The van der Waals surface area contributed by atoms with E-state index in [9.17, 15) is 9.90 Å². The summed E-state index contributed by atoms with van der Waals surface area (Å²) in [5.74, 6) is -0.227. The van der Waals surface area contributed by atoms with Crippen LogP contribution in [0.1, 0.15) is 23.7 Å². The third-order valence-electron chi connectivity index (χ3n) is 2.96. The minimum Gasteiger partial charge on any atom is -0.472 e. The maximum Gasteiger partial charge on any atom is 0.244 e. The van der Waals surface area contributed by atoms with Gasteiger partial charge in [0.05, 0.1) is 18.6 Å². The van der Waals surface area contributed by atoms with Crippen molar-refractivity contribution in [1.29, 1.82) is 0 Å². The SMILES string of the molecule is O=C(/C=C/c1ccccc1Cl)NCC[C@@H](O)c1ccoc1. The summed E-state index contributed by atoms with van der Waals surface area (Å²) in [6, 6.07) is 8.97. The fourth-order valence-electron chi connectivity index (χ4n) is 1.80. The number of hydrogen-bond donors (Lipinski definition) is 2. The minimum absolute atomic E-state index is 0.227. The Balaban J connectivity index is 1.76. The topological polar surface area (TPSA) is 62.5 Å². The first-order valence-corrected chi connectivity index (χ1v) is 6.95. The van der Waals surface area contributed by atoms with E-state index in [0.717, 1.165) is 5.56 Å². The molecule has 1 aromatic heterocycles. The maximum absolute atomic E-state index is 11.7. The average Bonchev–Trinajstić information content (AvgIpc) is 3.00. The van der Waals surface area contributed by atoms with E-state index in [4.69, 9.17) is 16.0 Å². The van der Waals surface area contributed by atoms with Gasteiger partial charge in [0.1, 0.15) is 0 Å². The lowest BCUT2D eigenvalue weighted by molar-refractivity contribution is -0.116. The molecule has 2 N–H and O–H groups in total. The van der Waals surface area contributed by atoms with E-state index in [-0.39, 0.29) is 5.91 Å². The normalized spacial score (nSPS) is 12.5. The van der Waals surface area contributed by atoms with Crippen molar-refractivity contribution in [2.75, 3.05) is 6.54 Å². The number of carbonyl (C=O) groups is 1. The molecule has 110 valence electrons. The van der Waals surface area contributed by atoms with Crippen molar-refractivity contribution in [2.45, 2.75) is 12.5 Å². The highest BCUT2D eigenvalue weighted by molar-refractivity contribution is 6.32. The number of aliphatic hydroxyl groups is 1. The van der Waals surface area contributed by atoms with Crippen molar-refractivity contribution >= 4 is 23.6 Å². The molecule has 0 saturated carbocycles. The van der Waals surface area contributed by atoms with Crippen molar-refractivity contribution in [2.24, 2.45) is 0 Å². The molecular formula is C16H16ClNO3. The van der Waals surface area contributed by atoms with Gasteiger partial charge in [-0.1, -0.05) is 29.8 Å². The predicted octanol–water partition coefficient (Wildman–Crippen LogP) is 3.19. The largest absolute Gasteiger partial charge is 0.472 e. The van der Waals surface area contributed by atoms with Crippen molar-refractivity contribution in [3.8, 4) is 0 Å². The number of hydrogen-bond acceptors (Lipinski definition) is 3. The van der Waals surface area contributed by atoms with Gasteiger partial charge >= 0.3 is 0 Å². The average molecular weight is 306 g/mol. The number of amides is 1. The Morgan fingerprint density at radius 2 is 2.19 bits per heavy atom. The first-order valence-electron chi connectivity index (χ1n) is 6.57. The number of nitrogens with one attached hydrogen (secondary N) is 1. The van der Waals surface area contributed by atoms with Crippen LogP contribution in [-0.2, 0) is 4.79 Å². The molecule has 2 rings (SSSR count). The lowest BCUT2D eigenvalue weighted by atomic mass is 10.1. The van der Waals surface area contributed by atoms with Crippen LogP contribution in [0, 0.1) is 0 Å². The Hall–Kier alpha value is -2.04. The molecule has 1 aromatic carbocycles. The Bertz CT molecular complexity index is 608. The summed E-state index contributed by atoms with van der Waals surface area (Å²) in [5.41, 5.74) is 1.49. The van der Waals surface area contributed by atoms with E-state index in [0.29, 0.717) is 23.6 Å². The van der Waals surface area contributed by atoms with Gasteiger partial charge in [-0.3, -0.25) is 4.79 Å². The van der Waals surface area contributed by atoms with E-state index in [2.05, 4.69) is 5.32 Å². The van der Waals surface area contributed by atoms with Crippen LogP contribution in [-0.4, -0.2) is 17.6 Å². The zero-order chi connectivity index (χ0) is 15.1. The van der Waals surface area contributed by atoms with Crippen LogP contribution in [0.2, 0.25) is 5.02 Å². The van der Waals surface area contributed by atoms with Crippen LogP contribution < -0.4 is 5.32 Å². The second-order valence-corrected chi connectivity index (χ2v) is 4.91. The molecule has 0 unspecified atom stereocenters. The molecule has 0 aliphatic heterocycles. The van der Waals surface area contributed by atoms with Crippen molar-refractivity contribution in [3.63, 3.8) is 0 Å². The van der Waals surface area contributed by atoms with Gasteiger partial charge in [-0.15, -0.1) is 0 Å². The second-order valence-electron chi connectivity index (χ2n) is 4.51. The number of furan rings is 1. The Morgan fingerprint density at radius 1 is 1.38 bits per heavy atom. The number of aliphatic hydroxyl groups excluding tert-OH is 1. The summed E-state index contributed by atoms with van der Waals surface area (Å²) < 4.78 is 4.89. The monoisotopic (exact) mass is 305 g/mol. The predicted molar refractivity (Wildman–Crippen MR) is 81.8 cm³/mol. The molecule has 5 heteroatoms. The summed E-state index contributed by atoms with van der Waals surface area (Å²) in [7, 11) is 0. The molecule has 1 atom stereocenters. The van der Waals surface area contributed by atoms with E-state index < -0.39 is 6.10 Å². The van der Waals surface area contributed by atoms with Gasteiger partial charge < -0.3 is 14.8 Å². The second kappa shape index (κ2) is 7.67. The Kier molecular flexibility index (Phi) is 5.60. The van der Waals surface area contributed by atoms with Gasteiger partial charge in [0, 0.05) is 23.2 Å². The van der Waals surface area contributed by atoms with Crippen LogP contribution in [0.4, 0.5) is 0 Å². The first kappa shape index (κ1) is 15.4. The highest BCUT2D eigenvalue weighted by Crippen LogP contribution is 2.17. The third kappa shape index (κ3) is 4.77. The zero-order valence-corrected chi connectivity index (χ0v) is 12.1. The van der Waals surface area contributed by atoms with Crippen LogP contribution >= 0.6 is 11.6 Å². The number of carbonyl (C=O) groups excluding carboxylic acids is 1. The van der Waals surface area contributed by atoms with E-state index >= 15 is 0 Å². The molecule has 21 heavy (non-hydrogen) atoms. The van der Waals surface area contributed by atoms with Gasteiger partial charge in [0.15, 0.2) is 0 Å². The number of rotatable bonds is 6. The fourth-order valence-corrected chi connectivity index (χ4v) is 2.00. The number of benzene rings is 1. The van der Waals surface area contributed by atoms with Crippen LogP contribution in [0.25, 0.3) is 6.08 Å². The highest BCUT2D eigenvalue weighted by atomic mass is 35.5. The molecule has 1 amide bonds. The van der Waals surface area contributed by atoms with Crippen molar-refractivity contribution in [1.82, 2.24) is 5.32 Å². The molecule has 0 fully saturated rings. The van der Waals surface area contributed by atoms with Crippen LogP contribution in [0.15, 0.2) is 53.4 Å². The number of halogens is 1. The molecule has 2 aromatic rings. The molecular weight excluding hydrogens is 290 g/mol. The smallest absolute Gasteiger partial charge is 0.244 e. The molecule has 1 heterocycles. The molecule has 0 aliphatic rings. The van der Waals surface area contributed by atoms with Gasteiger partial charge in [0.2, 0.25) is 5.91 Å². The zero-order valence-electron chi connectivity index (χ0n) is 11.3. The Morgan fingerprint density at radius 3 is 2.90 bits per heavy atom. The summed E-state index contributed by atoms with van der Waals surface area (Å²) in [5, 5.41) is 13.1. The standard InChI is InChI=1S/C16H16ClNO3/c17-14-4-2-1-3-12(14)5-6-16(20)18-9-7-15(19)13-8-10-21-11-13/h1-6,8,10-11,15,19H,7,9H2,(H,18,20)/b6-5+/t15-/m1/s1. The maximum atomic E-state index is 11.7. The third-order valence-corrected chi connectivity index (χ3v) is 3.31. The summed E-state index contributed by atoms with van der Waals surface area (Å²) in [6.45, 7) is 0.373. The summed E-state index contributed by atoms with van der Waals surface area (Å²) in [6.07, 6.45) is 5.85. The van der Waals surface area contributed by atoms with E-state index in [1.807, 2.05) is 18.2 Å². The van der Waals surface area contributed by atoms with Crippen molar-refractivity contribution in [3.05, 3.63) is 65.1 Å². The first-order chi connectivity index (χ1) is 10.2. The lowest BCUT2D eigenvalue weighted by Crippen LogP contribution is -2.23. The van der Waals surface area contributed by atoms with Crippen LogP contribution in [0.5, 0.6) is 0 Å². The Labute approximate surface area is 128 Å². The van der Waals surface area contributed by atoms with E-state index in [1.54, 1.807) is 18.2 Å². The summed E-state index contributed by atoms with van der Waals surface area (Å²) >= 11 is 5.99. The minimum atomic E-state index is -0.642. The highest BCUT2D eigenvalue weighted by Gasteiger charge is 2.08. The molecule has 0 radical (unpaired) electrons. The van der Waals surface area contributed by atoms with E-state index in [1.165, 1.54) is 18.6 Å². The summed E-state index contributed by atoms with van der Waals surface area (Å²) in [4.78, 5) is 11.7. The molecule has 0 bridgehead atoms. The molecule has 0 spiro atoms. The van der Waals surface area contributed by atoms with Gasteiger partial charge in [0.25, 0.3) is 0 Å². The van der Waals surface area contributed by atoms with Gasteiger partial charge in [-0.2, -0.15) is 0 Å². The molecule has 0 aliphatic carbocycles. The fraction of sp³-hybridized carbons (Fsp3) is 0.188. The lowest BCUT2D eigenvalue weighted by Gasteiger charge is -2.08. The van der Waals surface area contributed by atoms with Crippen molar-refractivity contribution < 1.29 is 14.3 Å². The van der Waals surface area contributed by atoms with Crippen LogP contribution in [0.3, 0.4) is 0 Å².